The molecule has 0 heterocycles. The summed E-state index contributed by atoms with van der Waals surface area (Å²) in [6.45, 7) is 0. The van der Waals surface area contributed by atoms with Gasteiger partial charge in [-0.25, -0.2) is 0 Å². The molecule has 0 bridgehead atoms. The van der Waals surface area contributed by atoms with Crippen molar-refractivity contribution in [3.63, 3.8) is 0 Å². The lowest BCUT2D eigenvalue weighted by Crippen LogP contribution is -2.27. The van der Waals surface area contributed by atoms with Gasteiger partial charge in [-0.3, -0.25) is 0 Å². The number of oxime groups is 1. The molecule has 1 unspecified atom stereocenters. The van der Waals surface area contributed by atoms with E-state index in [1.165, 1.54) is 24.4 Å². The third-order valence-corrected chi connectivity index (χ3v) is 1.76. The van der Waals surface area contributed by atoms with E-state index in [1.807, 2.05) is 0 Å². The summed E-state index contributed by atoms with van der Waals surface area (Å²) in [5.74, 6) is 0.153. The average molecular weight is 169 g/mol. The molecule has 4 nitrogen and oxygen atoms in total. The van der Waals surface area contributed by atoms with Gasteiger partial charge in [0.25, 0.3) is 0 Å². The molecular weight excluding hydrogens is 158 g/mol. The first-order valence-electron chi connectivity index (χ1n) is 3.63. The van der Waals surface area contributed by atoms with Gasteiger partial charge in [0.15, 0.2) is 0 Å². The van der Waals surface area contributed by atoms with Gasteiger partial charge >= 0.3 is 0 Å². The van der Waals surface area contributed by atoms with E-state index in [0.29, 0.717) is 6.42 Å². The minimum Gasteiger partial charge on any atom is -0.508 e. The molecule has 0 saturated heterocycles. The van der Waals surface area contributed by atoms with Crippen molar-refractivity contribution < 1.29 is 15.4 Å². The van der Waals surface area contributed by atoms with Gasteiger partial charge in [0, 0.05) is 19.1 Å². The molecule has 0 amide bonds. The van der Waals surface area contributed by atoms with Gasteiger partial charge in [-0.1, -0.05) is 0 Å². The molecule has 1 aliphatic rings. The van der Waals surface area contributed by atoms with Crippen LogP contribution in [0.25, 0.3) is 0 Å². The second-order valence-electron chi connectivity index (χ2n) is 2.77. The van der Waals surface area contributed by atoms with Crippen LogP contribution in [-0.2, 0) is 0 Å². The molecule has 0 spiro atoms. The molecule has 0 saturated carbocycles. The maximum absolute atomic E-state index is 9.68. The molecule has 3 N–H and O–H groups in total. The van der Waals surface area contributed by atoms with E-state index in [9.17, 15) is 5.11 Å². The Hall–Kier alpha value is -1.29. The van der Waals surface area contributed by atoms with E-state index < -0.39 is 5.60 Å². The van der Waals surface area contributed by atoms with Gasteiger partial charge in [0.1, 0.15) is 5.76 Å². The van der Waals surface area contributed by atoms with Crippen molar-refractivity contribution in [3.8, 4) is 0 Å². The molecule has 1 atom stereocenters. The van der Waals surface area contributed by atoms with Crippen molar-refractivity contribution in [2.75, 3.05) is 0 Å². The molecule has 1 rings (SSSR count). The Morgan fingerprint density at radius 1 is 1.67 bits per heavy atom. The van der Waals surface area contributed by atoms with Crippen LogP contribution >= 0.6 is 0 Å². The van der Waals surface area contributed by atoms with Crippen LogP contribution in [0.2, 0.25) is 0 Å². The molecule has 0 aromatic carbocycles. The van der Waals surface area contributed by atoms with Gasteiger partial charge in [0.2, 0.25) is 0 Å². The van der Waals surface area contributed by atoms with Crippen molar-refractivity contribution >= 4 is 6.21 Å². The highest BCUT2D eigenvalue weighted by molar-refractivity contribution is 5.59. The summed E-state index contributed by atoms with van der Waals surface area (Å²) in [7, 11) is 0. The van der Waals surface area contributed by atoms with Crippen molar-refractivity contribution in [2.45, 2.75) is 18.4 Å². The molecular formula is C8H11NO3. The van der Waals surface area contributed by atoms with Gasteiger partial charge in [-0.2, -0.15) is 0 Å². The molecule has 0 radical (unpaired) electrons. The Labute approximate surface area is 70.1 Å². The Bertz CT molecular complexity index is 241. The van der Waals surface area contributed by atoms with E-state index in [1.54, 1.807) is 0 Å². The Morgan fingerprint density at radius 3 is 2.92 bits per heavy atom. The normalized spacial score (nSPS) is 29.2. The molecule has 1 aliphatic carbocycles. The number of allylic oxidation sites excluding steroid dienone is 1. The summed E-state index contributed by atoms with van der Waals surface area (Å²) in [6, 6.07) is 0. The van der Waals surface area contributed by atoms with Crippen LogP contribution in [0.15, 0.2) is 29.1 Å². The minimum absolute atomic E-state index is 0.153. The predicted octanol–water partition coefficient (Wildman–Crippen LogP) is 0.969. The molecule has 0 aromatic rings. The van der Waals surface area contributed by atoms with Crippen LogP contribution in [0.1, 0.15) is 12.8 Å². The SMILES string of the molecule is O/N=C\CC1(O)C=CC(O)=CC1. The number of hydrogen-bond donors (Lipinski definition) is 3. The summed E-state index contributed by atoms with van der Waals surface area (Å²) < 4.78 is 0. The van der Waals surface area contributed by atoms with Crippen LogP contribution in [0, 0.1) is 0 Å². The maximum atomic E-state index is 9.68. The minimum atomic E-state index is -1.02. The number of aliphatic hydroxyl groups is 2. The zero-order valence-corrected chi connectivity index (χ0v) is 6.51. The van der Waals surface area contributed by atoms with Crippen LogP contribution in [0.5, 0.6) is 0 Å². The smallest absolute Gasteiger partial charge is 0.111 e. The third-order valence-electron chi connectivity index (χ3n) is 1.76. The summed E-state index contributed by atoms with van der Waals surface area (Å²) >= 11 is 0. The van der Waals surface area contributed by atoms with Gasteiger partial charge < -0.3 is 15.4 Å². The predicted molar refractivity (Wildman–Crippen MR) is 44.3 cm³/mol. The van der Waals surface area contributed by atoms with E-state index >= 15 is 0 Å². The number of rotatable bonds is 2. The summed E-state index contributed by atoms with van der Waals surface area (Å²) in [4.78, 5) is 0. The highest BCUT2D eigenvalue weighted by Crippen LogP contribution is 2.22. The number of aliphatic hydroxyl groups excluding tert-OH is 1. The van der Waals surface area contributed by atoms with E-state index in [-0.39, 0.29) is 12.2 Å². The van der Waals surface area contributed by atoms with Gasteiger partial charge in [0.05, 0.1) is 5.60 Å². The van der Waals surface area contributed by atoms with Crippen molar-refractivity contribution in [3.05, 3.63) is 24.0 Å². The quantitative estimate of drug-likeness (QED) is 0.327. The highest BCUT2D eigenvalue weighted by Gasteiger charge is 2.23. The average Bonchev–Trinajstić information content (AvgIpc) is 2.08. The lowest BCUT2D eigenvalue weighted by atomic mass is 9.92. The van der Waals surface area contributed by atoms with Gasteiger partial charge in [-0.15, -0.1) is 5.16 Å². The first kappa shape index (κ1) is 8.80. The summed E-state index contributed by atoms with van der Waals surface area (Å²) in [5.41, 5.74) is -1.02. The molecule has 66 valence electrons. The van der Waals surface area contributed by atoms with E-state index in [4.69, 9.17) is 10.3 Å². The van der Waals surface area contributed by atoms with Crippen LogP contribution in [0.4, 0.5) is 0 Å². The van der Waals surface area contributed by atoms with E-state index in [0.717, 1.165) is 0 Å². The molecule has 0 aliphatic heterocycles. The zero-order chi connectivity index (χ0) is 9.03. The third kappa shape index (κ3) is 2.10. The second-order valence-corrected chi connectivity index (χ2v) is 2.77. The lowest BCUT2D eigenvalue weighted by Gasteiger charge is -2.23. The highest BCUT2D eigenvalue weighted by atomic mass is 16.4. The second kappa shape index (κ2) is 3.40. The summed E-state index contributed by atoms with van der Waals surface area (Å²) in [6.07, 6.45) is 6.23. The monoisotopic (exact) mass is 169 g/mol. The fourth-order valence-electron chi connectivity index (χ4n) is 1.01. The molecule has 12 heavy (non-hydrogen) atoms. The molecule has 0 fully saturated rings. The fraction of sp³-hybridized carbons (Fsp3) is 0.375. The van der Waals surface area contributed by atoms with Crippen LogP contribution in [0.3, 0.4) is 0 Å². The Morgan fingerprint density at radius 2 is 2.42 bits per heavy atom. The largest absolute Gasteiger partial charge is 0.508 e. The van der Waals surface area contributed by atoms with Crippen LogP contribution < -0.4 is 0 Å². The first-order valence-corrected chi connectivity index (χ1v) is 3.63. The van der Waals surface area contributed by atoms with Crippen molar-refractivity contribution in [1.82, 2.24) is 0 Å². The zero-order valence-electron chi connectivity index (χ0n) is 6.51. The number of hydrogen-bond acceptors (Lipinski definition) is 4. The maximum Gasteiger partial charge on any atom is 0.111 e. The van der Waals surface area contributed by atoms with Crippen molar-refractivity contribution in [1.29, 1.82) is 0 Å². The molecule has 4 heteroatoms. The molecule has 0 aromatic heterocycles. The summed E-state index contributed by atoms with van der Waals surface area (Å²) in [5, 5.41) is 29.5. The Balaban J connectivity index is 2.59. The lowest BCUT2D eigenvalue weighted by molar-refractivity contribution is 0.0990. The topological polar surface area (TPSA) is 73.1 Å². The van der Waals surface area contributed by atoms with Crippen molar-refractivity contribution in [2.24, 2.45) is 5.16 Å². The van der Waals surface area contributed by atoms with Crippen LogP contribution in [-0.4, -0.2) is 27.2 Å². The first-order chi connectivity index (χ1) is 5.66. The van der Waals surface area contributed by atoms with Gasteiger partial charge in [-0.05, 0) is 18.2 Å². The fourth-order valence-corrected chi connectivity index (χ4v) is 1.01. The number of nitrogens with zero attached hydrogens (tertiary/aromatic N) is 1. The Kier molecular flexibility index (Phi) is 2.50. The van der Waals surface area contributed by atoms with E-state index in [2.05, 4.69) is 5.16 Å². The standard InChI is InChI=1S/C8H11NO3/c10-7-1-3-8(11,4-2-7)5-6-9-12/h1-3,6,10-12H,4-5H2/b9-6-.